The fourth-order valence-corrected chi connectivity index (χ4v) is 2.19. The van der Waals surface area contributed by atoms with Gasteiger partial charge in [0.2, 0.25) is 0 Å². The smallest absolute Gasteiger partial charge is 0.307 e. The van der Waals surface area contributed by atoms with Gasteiger partial charge >= 0.3 is 6.03 Å². The average Bonchev–Trinajstić information content (AvgIpc) is 2.53. The highest BCUT2D eigenvalue weighted by atomic mass is 32.1. The molecule has 2 aromatic carbocycles. The number of carbonyl (C=O) groups is 2. The van der Waals surface area contributed by atoms with Gasteiger partial charge in [-0.15, -0.1) is 0 Å². The summed E-state index contributed by atoms with van der Waals surface area (Å²) in [5.74, 6) is -0.470. The van der Waals surface area contributed by atoms with Crippen LogP contribution in [0.25, 0.3) is 0 Å². The first-order valence-electron chi connectivity index (χ1n) is 7.29. The third-order valence-corrected chi connectivity index (χ3v) is 3.77. The van der Waals surface area contributed by atoms with Crippen LogP contribution in [0.2, 0.25) is 0 Å². The number of rotatable bonds is 2. The van der Waals surface area contributed by atoms with Crippen molar-refractivity contribution in [2.24, 2.45) is 0 Å². The molecule has 0 saturated heterocycles. The Balaban J connectivity index is 2.08. The Kier molecular flexibility index (Phi) is 5.11. The molecule has 2 aromatic rings. The molecule has 0 unspecified atom stereocenters. The number of para-hydroxylation sites is 1. The Morgan fingerprint density at radius 1 is 0.957 bits per heavy atom. The van der Waals surface area contributed by atoms with Crippen LogP contribution in [0, 0.1) is 0 Å². The van der Waals surface area contributed by atoms with Crippen molar-refractivity contribution in [2.75, 3.05) is 5.32 Å². The Morgan fingerprint density at radius 3 is 2.04 bits per heavy atom. The van der Waals surface area contributed by atoms with Crippen LogP contribution in [0.3, 0.4) is 0 Å². The quantitative estimate of drug-likeness (QED) is 0.797. The van der Waals surface area contributed by atoms with Crippen LogP contribution in [0.5, 0.6) is 0 Å². The maximum Gasteiger partial charge on any atom is 0.338 e. The number of hydrogen-bond acceptors (Lipinski definition) is 3. The van der Waals surface area contributed by atoms with Crippen molar-refractivity contribution in [3.8, 4) is 0 Å². The summed E-state index contributed by atoms with van der Waals surface area (Å²) in [5, 5.41) is 2.62. The maximum absolute atomic E-state index is 12.3. The first-order valence-corrected chi connectivity index (χ1v) is 7.69. The fraction of sp³-hybridized carbons (Fsp3) is 0.222. The lowest BCUT2D eigenvalue weighted by atomic mass is 9.87. The van der Waals surface area contributed by atoms with Crippen molar-refractivity contribution in [2.45, 2.75) is 26.2 Å². The van der Waals surface area contributed by atoms with Gasteiger partial charge in [0, 0.05) is 11.3 Å². The minimum atomic E-state index is -0.593. The van der Waals surface area contributed by atoms with Crippen molar-refractivity contribution in [3.63, 3.8) is 0 Å². The van der Waals surface area contributed by atoms with Crippen LogP contribution in [0.4, 0.5) is 10.5 Å². The second-order valence-electron chi connectivity index (χ2n) is 6.24. The van der Waals surface area contributed by atoms with Crippen molar-refractivity contribution in [1.82, 2.24) is 4.31 Å². The molecule has 0 spiro atoms. The number of nitrogens with one attached hydrogen (secondary N) is 1. The molecule has 120 valence electrons. The Morgan fingerprint density at radius 2 is 1.52 bits per heavy atom. The van der Waals surface area contributed by atoms with E-state index in [0.717, 1.165) is 9.87 Å². The maximum atomic E-state index is 12.3. The highest BCUT2D eigenvalue weighted by molar-refractivity contribution is 7.79. The number of anilines is 1. The van der Waals surface area contributed by atoms with E-state index in [9.17, 15) is 9.59 Å². The summed E-state index contributed by atoms with van der Waals surface area (Å²) in [4.78, 5) is 24.4. The zero-order valence-electron chi connectivity index (χ0n) is 13.4. The van der Waals surface area contributed by atoms with Gasteiger partial charge in [-0.2, -0.15) is 0 Å². The number of hydrogen-bond donors (Lipinski definition) is 2. The van der Waals surface area contributed by atoms with E-state index in [1.807, 2.05) is 18.2 Å². The first-order chi connectivity index (χ1) is 10.8. The van der Waals surface area contributed by atoms with E-state index in [1.54, 1.807) is 36.4 Å². The molecule has 0 radical (unpaired) electrons. The molecule has 0 aromatic heterocycles. The van der Waals surface area contributed by atoms with E-state index >= 15 is 0 Å². The van der Waals surface area contributed by atoms with Crippen LogP contribution in [-0.2, 0) is 5.41 Å². The lowest BCUT2D eigenvalue weighted by Gasteiger charge is -2.20. The van der Waals surface area contributed by atoms with Crippen molar-refractivity contribution < 1.29 is 9.59 Å². The van der Waals surface area contributed by atoms with E-state index in [2.05, 4.69) is 38.9 Å². The zero-order chi connectivity index (χ0) is 17.0. The largest absolute Gasteiger partial charge is 0.338 e. The lowest BCUT2D eigenvalue weighted by Crippen LogP contribution is -2.32. The van der Waals surface area contributed by atoms with E-state index in [1.165, 1.54) is 0 Å². The van der Waals surface area contributed by atoms with Gasteiger partial charge in [0.1, 0.15) is 0 Å². The molecule has 0 aliphatic carbocycles. The normalized spacial score (nSPS) is 11.0. The third kappa shape index (κ3) is 4.36. The van der Waals surface area contributed by atoms with Gasteiger partial charge in [0.25, 0.3) is 5.91 Å². The van der Waals surface area contributed by atoms with Crippen LogP contribution < -0.4 is 5.32 Å². The van der Waals surface area contributed by atoms with Crippen LogP contribution in [0.1, 0.15) is 36.7 Å². The van der Waals surface area contributed by atoms with E-state index < -0.39 is 11.9 Å². The number of imide groups is 1. The molecular weight excluding hydrogens is 308 g/mol. The molecule has 0 bridgehead atoms. The highest BCUT2D eigenvalue weighted by Crippen LogP contribution is 2.22. The Bertz CT molecular complexity index is 691. The Hall–Kier alpha value is -2.27. The monoisotopic (exact) mass is 328 g/mol. The molecule has 5 heteroatoms. The Labute approximate surface area is 142 Å². The predicted octanol–water partition coefficient (Wildman–Crippen LogP) is 4.50. The van der Waals surface area contributed by atoms with Crippen LogP contribution >= 0.6 is 12.8 Å². The van der Waals surface area contributed by atoms with Gasteiger partial charge in [-0.05, 0) is 35.2 Å². The minimum Gasteiger partial charge on any atom is -0.307 e. The molecule has 0 heterocycles. The van der Waals surface area contributed by atoms with E-state index in [-0.39, 0.29) is 5.41 Å². The molecule has 0 aliphatic rings. The molecule has 2 rings (SSSR count). The van der Waals surface area contributed by atoms with Crippen molar-refractivity contribution in [3.05, 3.63) is 65.7 Å². The van der Waals surface area contributed by atoms with E-state index in [0.29, 0.717) is 11.3 Å². The number of carbonyl (C=O) groups excluding carboxylic acids is 2. The molecule has 0 saturated carbocycles. The lowest BCUT2D eigenvalue weighted by molar-refractivity contribution is 0.0901. The minimum absolute atomic E-state index is 0.00686. The molecule has 23 heavy (non-hydrogen) atoms. The zero-order valence-corrected chi connectivity index (χ0v) is 14.3. The molecule has 0 atom stereocenters. The number of benzene rings is 2. The standard InChI is InChI=1S/C18H20N2O2S/c1-18(2,3)14-11-9-13(10-12-14)16(21)20(23)17(22)19-15-7-5-4-6-8-15/h4-12,23H,1-3H3,(H,19,22). The summed E-state index contributed by atoms with van der Waals surface area (Å²) in [6.45, 7) is 6.30. The number of amides is 3. The third-order valence-electron chi connectivity index (χ3n) is 3.41. The fourth-order valence-electron chi connectivity index (χ4n) is 2.03. The van der Waals surface area contributed by atoms with Gasteiger partial charge in [-0.1, -0.05) is 63.9 Å². The highest BCUT2D eigenvalue weighted by Gasteiger charge is 2.21. The van der Waals surface area contributed by atoms with Gasteiger partial charge in [0.15, 0.2) is 0 Å². The van der Waals surface area contributed by atoms with Crippen LogP contribution in [-0.4, -0.2) is 16.2 Å². The second-order valence-corrected chi connectivity index (χ2v) is 6.64. The summed E-state index contributed by atoms with van der Waals surface area (Å²) in [7, 11) is 0. The second kappa shape index (κ2) is 6.87. The average molecular weight is 328 g/mol. The molecule has 3 amide bonds. The van der Waals surface area contributed by atoms with E-state index in [4.69, 9.17) is 0 Å². The van der Waals surface area contributed by atoms with Gasteiger partial charge in [-0.25, -0.2) is 9.10 Å². The van der Waals surface area contributed by atoms with Crippen LogP contribution in [0.15, 0.2) is 54.6 Å². The molecule has 4 nitrogen and oxygen atoms in total. The molecule has 1 N–H and O–H groups in total. The molecule has 0 fully saturated rings. The van der Waals surface area contributed by atoms with Gasteiger partial charge in [0.05, 0.1) is 0 Å². The summed E-state index contributed by atoms with van der Waals surface area (Å²) in [5.41, 5.74) is 2.14. The summed E-state index contributed by atoms with van der Waals surface area (Å²) in [6.07, 6.45) is 0. The predicted molar refractivity (Wildman–Crippen MR) is 95.8 cm³/mol. The number of nitrogens with zero attached hydrogens (tertiary/aromatic N) is 1. The SMILES string of the molecule is CC(C)(C)c1ccc(C(=O)N(S)C(=O)Nc2ccccc2)cc1. The van der Waals surface area contributed by atoms with Crippen molar-refractivity contribution >= 4 is 30.4 Å². The molecular formula is C18H20N2O2S. The summed E-state index contributed by atoms with van der Waals surface area (Å²) >= 11 is 4.02. The van der Waals surface area contributed by atoms with Crippen molar-refractivity contribution in [1.29, 1.82) is 0 Å². The molecule has 0 aliphatic heterocycles. The summed E-state index contributed by atoms with van der Waals surface area (Å²) in [6, 6.07) is 15.5. The van der Waals surface area contributed by atoms with Gasteiger partial charge in [-0.3, -0.25) is 4.79 Å². The number of urea groups is 1. The summed E-state index contributed by atoms with van der Waals surface area (Å²) < 4.78 is 0.777. The first kappa shape index (κ1) is 17.1. The van der Waals surface area contributed by atoms with Gasteiger partial charge < -0.3 is 5.32 Å². The topological polar surface area (TPSA) is 49.4 Å². The number of thiol groups is 1.